The molecule has 0 spiro atoms. The Balaban J connectivity index is 2.82. The number of aliphatic carboxylic acids is 1. The summed E-state index contributed by atoms with van der Waals surface area (Å²) in [6.07, 6.45) is 0.283. The van der Waals surface area contributed by atoms with Crippen molar-refractivity contribution >= 4 is 21.8 Å². The molecule has 0 saturated heterocycles. The van der Waals surface area contributed by atoms with Gasteiger partial charge < -0.3 is 5.11 Å². The number of rotatable bonds is 8. The maximum atomic E-state index is 11.9. The van der Waals surface area contributed by atoms with Gasteiger partial charge in [-0.25, -0.2) is 0 Å². The van der Waals surface area contributed by atoms with E-state index in [1.165, 1.54) is 0 Å². The van der Waals surface area contributed by atoms with E-state index in [1.54, 1.807) is 0 Å². The van der Waals surface area contributed by atoms with Gasteiger partial charge in [0.25, 0.3) is 15.8 Å². The molecule has 0 aliphatic carbocycles. The SMILES string of the molecule is CC(C)C[C@@H](COS(=O)(=O)c1ccc([N+](=O)[O-])cc1)C(=O)O. The molecule has 0 saturated carbocycles. The second-order valence-electron chi connectivity index (χ2n) is 5.15. The molecular formula is C13H17NO7S. The predicted molar refractivity (Wildman–Crippen MR) is 76.8 cm³/mol. The van der Waals surface area contributed by atoms with Crippen molar-refractivity contribution in [2.24, 2.45) is 11.8 Å². The lowest BCUT2D eigenvalue weighted by molar-refractivity contribution is -0.384. The summed E-state index contributed by atoms with van der Waals surface area (Å²) >= 11 is 0. The first kappa shape index (κ1) is 18.1. The number of nitro benzene ring substituents is 1. The fraction of sp³-hybridized carbons (Fsp3) is 0.462. The molecule has 1 aromatic rings. The number of hydrogen-bond acceptors (Lipinski definition) is 6. The molecular weight excluding hydrogens is 314 g/mol. The molecule has 0 aromatic heterocycles. The van der Waals surface area contributed by atoms with Crippen LogP contribution >= 0.6 is 0 Å². The third-order valence-electron chi connectivity index (χ3n) is 2.87. The van der Waals surface area contributed by atoms with Crippen LogP contribution in [-0.2, 0) is 19.1 Å². The zero-order chi connectivity index (χ0) is 16.9. The summed E-state index contributed by atoms with van der Waals surface area (Å²) < 4.78 is 28.6. The van der Waals surface area contributed by atoms with E-state index in [0.717, 1.165) is 24.3 Å². The maximum Gasteiger partial charge on any atom is 0.308 e. The van der Waals surface area contributed by atoms with E-state index in [4.69, 9.17) is 9.29 Å². The smallest absolute Gasteiger partial charge is 0.308 e. The Bertz CT molecular complexity index is 637. The number of nitro groups is 1. The van der Waals surface area contributed by atoms with Crippen LogP contribution in [0.2, 0.25) is 0 Å². The van der Waals surface area contributed by atoms with Crippen molar-refractivity contribution in [1.82, 2.24) is 0 Å². The minimum Gasteiger partial charge on any atom is -0.481 e. The Labute approximate surface area is 128 Å². The molecule has 1 rings (SSSR count). The van der Waals surface area contributed by atoms with E-state index >= 15 is 0 Å². The largest absolute Gasteiger partial charge is 0.481 e. The van der Waals surface area contributed by atoms with Crippen LogP contribution in [0, 0.1) is 22.0 Å². The van der Waals surface area contributed by atoms with Gasteiger partial charge in [-0.2, -0.15) is 8.42 Å². The molecule has 1 atom stereocenters. The van der Waals surface area contributed by atoms with Crippen molar-refractivity contribution in [2.45, 2.75) is 25.2 Å². The van der Waals surface area contributed by atoms with Gasteiger partial charge in [0.05, 0.1) is 22.3 Å². The molecule has 22 heavy (non-hydrogen) atoms. The molecule has 0 bridgehead atoms. The zero-order valence-corrected chi connectivity index (χ0v) is 12.9. The Morgan fingerprint density at radius 2 is 1.86 bits per heavy atom. The number of carboxylic acids is 1. The van der Waals surface area contributed by atoms with Gasteiger partial charge in [0.15, 0.2) is 0 Å². The normalized spacial score (nSPS) is 13.0. The molecule has 8 nitrogen and oxygen atoms in total. The molecule has 0 heterocycles. The highest BCUT2D eigenvalue weighted by Crippen LogP contribution is 2.20. The van der Waals surface area contributed by atoms with Crippen LogP contribution in [0.1, 0.15) is 20.3 Å². The summed E-state index contributed by atoms with van der Waals surface area (Å²) in [6, 6.07) is 4.18. The predicted octanol–water partition coefficient (Wildman–Crippen LogP) is 2.05. The first-order chi connectivity index (χ1) is 10.1. The lowest BCUT2D eigenvalue weighted by Crippen LogP contribution is -2.23. The van der Waals surface area contributed by atoms with Crippen LogP contribution in [0.3, 0.4) is 0 Å². The fourth-order valence-electron chi connectivity index (χ4n) is 1.78. The third-order valence-corrected chi connectivity index (χ3v) is 4.16. The van der Waals surface area contributed by atoms with Gasteiger partial charge in [-0.3, -0.25) is 19.1 Å². The van der Waals surface area contributed by atoms with Crippen molar-refractivity contribution in [3.05, 3.63) is 34.4 Å². The van der Waals surface area contributed by atoms with Crippen molar-refractivity contribution in [3.63, 3.8) is 0 Å². The second-order valence-corrected chi connectivity index (χ2v) is 6.77. The van der Waals surface area contributed by atoms with E-state index in [1.807, 2.05) is 13.8 Å². The number of hydrogen-bond donors (Lipinski definition) is 1. The highest BCUT2D eigenvalue weighted by Gasteiger charge is 2.24. The first-order valence-corrected chi connectivity index (χ1v) is 7.91. The van der Waals surface area contributed by atoms with Gasteiger partial charge >= 0.3 is 5.97 Å². The average Bonchev–Trinajstić information content (AvgIpc) is 2.43. The van der Waals surface area contributed by atoms with Crippen molar-refractivity contribution in [1.29, 1.82) is 0 Å². The lowest BCUT2D eigenvalue weighted by atomic mass is 9.98. The first-order valence-electron chi connectivity index (χ1n) is 6.50. The number of carboxylic acid groups (broad SMARTS) is 1. The van der Waals surface area contributed by atoms with Gasteiger partial charge in [-0.05, 0) is 24.5 Å². The van der Waals surface area contributed by atoms with E-state index in [-0.39, 0.29) is 22.9 Å². The molecule has 1 aromatic carbocycles. The topological polar surface area (TPSA) is 124 Å². The van der Waals surface area contributed by atoms with Gasteiger partial charge in [0.2, 0.25) is 0 Å². The Hall–Kier alpha value is -2.00. The van der Waals surface area contributed by atoms with E-state index in [9.17, 15) is 23.3 Å². The average molecular weight is 331 g/mol. The number of non-ortho nitro benzene ring substituents is 1. The summed E-state index contributed by atoms with van der Waals surface area (Å²) in [5, 5.41) is 19.6. The van der Waals surface area contributed by atoms with Crippen LogP contribution in [0.15, 0.2) is 29.2 Å². The second kappa shape index (κ2) is 7.32. The van der Waals surface area contributed by atoms with E-state index in [0.29, 0.717) is 0 Å². The van der Waals surface area contributed by atoms with Crippen molar-refractivity contribution in [3.8, 4) is 0 Å². The number of nitrogens with zero attached hydrogens (tertiary/aromatic N) is 1. The van der Waals surface area contributed by atoms with Crippen LogP contribution < -0.4 is 0 Å². The standard InChI is InChI=1S/C13H17NO7S/c1-9(2)7-10(13(15)16)8-21-22(19,20)12-5-3-11(4-6-12)14(17)18/h3-6,9-10H,7-8H2,1-2H3,(H,15,16)/t10-/m0/s1. The molecule has 0 aliphatic rings. The summed E-state index contributed by atoms with van der Waals surface area (Å²) in [6.45, 7) is 3.16. The number of carbonyl (C=O) groups is 1. The molecule has 0 amide bonds. The Morgan fingerprint density at radius 3 is 2.27 bits per heavy atom. The van der Waals surface area contributed by atoms with Crippen molar-refractivity contribution < 1.29 is 27.4 Å². The monoisotopic (exact) mass is 331 g/mol. The molecule has 0 aliphatic heterocycles. The maximum absolute atomic E-state index is 11.9. The Morgan fingerprint density at radius 1 is 1.32 bits per heavy atom. The van der Waals surface area contributed by atoms with Crippen LogP contribution in [0.25, 0.3) is 0 Å². The van der Waals surface area contributed by atoms with Crippen LogP contribution in [-0.4, -0.2) is 31.0 Å². The van der Waals surface area contributed by atoms with Gasteiger partial charge in [0.1, 0.15) is 0 Å². The molecule has 0 unspecified atom stereocenters. The minimum atomic E-state index is -4.15. The summed E-state index contributed by atoms with van der Waals surface area (Å²) in [5.41, 5.74) is -0.248. The fourth-order valence-corrected chi connectivity index (χ4v) is 2.73. The third kappa shape index (κ3) is 5.08. The summed E-state index contributed by atoms with van der Waals surface area (Å²) in [5.74, 6) is -1.99. The number of benzene rings is 1. The quantitative estimate of drug-likeness (QED) is 0.439. The summed E-state index contributed by atoms with van der Waals surface area (Å²) in [7, 11) is -4.15. The summed E-state index contributed by atoms with van der Waals surface area (Å²) in [4.78, 5) is 20.7. The van der Waals surface area contributed by atoms with Gasteiger partial charge in [0, 0.05) is 12.1 Å². The minimum absolute atomic E-state index is 0.0757. The van der Waals surface area contributed by atoms with E-state index in [2.05, 4.69) is 0 Å². The molecule has 1 N–H and O–H groups in total. The van der Waals surface area contributed by atoms with Gasteiger partial charge in [-0.15, -0.1) is 0 Å². The Kier molecular flexibility index (Phi) is 6.01. The van der Waals surface area contributed by atoms with E-state index < -0.39 is 33.5 Å². The lowest BCUT2D eigenvalue weighted by Gasteiger charge is -2.14. The molecule has 0 fully saturated rings. The highest BCUT2D eigenvalue weighted by atomic mass is 32.2. The van der Waals surface area contributed by atoms with Crippen molar-refractivity contribution in [2.75, 3.05) is 6.61 Å². The molecule has 9 heteroatoms. The highest BCUT2D eigenvalue weighted by molar-refractivity contribution is 7.86. The molecule has 122 valence electrons. The zero-order valence-electron chi connectivity index (χ0n) is 12.1. The van der Waals surface area contributed by atoms with Crippen LogP contribution in [0.4, 0.5) is 5.69 Å². The van der Waals surface area contributed by atoms with Crippen LogP contribution in [0.5, 0.6) is 0 Å². The molecule has 0 radical (unpaired) electrons. The van der Waals surface area contributed by atoms with Gasteiger partial charge in [-0.1, -0.05) is 13.8 Å².